The molecule has 0 aromatic heterocycles. The topological polar surface area (TPSA) is 122 Å². The molecular formula is C26H28N2O7S. The highest BCUT2D eigenvalue weighted by Gasteiger charge is 2.26. The van der Waals surface area contributed by atoms with Crippen LogP contribution in [0.15, 0.2) is 65.6 Å². The van der Waals surface area contributed by atoms with Gasteiger partial charge in [-0.3, -0.25) is 4.79 Å². The number of benzene rings is 3. The minimum Gasteiger partial charge on any atom is -0.492 e. The van der Waals surface area contributed by atoms with E-state index in [0.717, 1.165) is 22.0 Å². The highest BCUT2D eigenvalue weighted by molar-refractivity contribution is 7.89. The standard InChI is InChI=1S/C26H28N2O7S/c29-18-21(16-26(30)31)27-36(32,33)25-9-8-22(28-11-14-34-15-12-28)17-24(25)35-13-10-20-6-3-5-19-4-1-2-7-23(19)20/h1-9,17-18,21,27H,10-16H2,(H,30,31). The number of carboxylic acids is 1. The normalized spacial score (nSPS) is 14.9. The van der Waals surface area contributed by atoms with Crippen molar-refractivity contribution in [2.75, 3.05) is 37.8 Å². The molecule has 0 amide bonds. The van der Waals surface area contributed by atoms with Gasteiger partial charge in [-0.2, -0.15) is 0 Å². The Labute approximate surface area is 209 Å². The number of hydrogen-bond donors (Lipinski definition) is 2. The fourth-order valence-corrected chi connectivity index (χ4v) is 5.49. The number of nitrogens with zero attached hydrogens (tertiary/aromatic N) is 1. The van der Waals surface area contributed by atoms with Crippen LogP contribution in [0.2, 0.25) is 0 Å². The first kappa shape index (κ1) is 25.6. The maximum absolute atomic E-state index is 13.1. The summed E-state index contributed by atoms with van der Waals surface area (Å²) < 4.78 is 39.8. The van der Waals surface area contributed by atoms with Gasteiger partial charge in [-0.1, -0.05) is 42.5 Å². The number of aliphatic carboxylic acids is 1. The van der Waals surface area contributed by atoms with Gasteiger partial charge in [0.05, 0.1) is 32.3 Å². The van der Waals surface area contributed by atoms with Crippen LogP contribution in [-0.4, -0.2) is 64.7 Å². The maximum atomic E-state index is 13.1. The number of nitrogens with one attached hydrogen (secondary N) is 1. The Morgan fingerprint density at radius 1 is 1.11 bits per heavy atom. The van der Waals surface area contributed by atoms with E-state index in [0.29, 0.717) is 32.7 Å². The first-order chi connectivity index (χ1) is 17.4. The Morgan fingerprint density at radius 2 is 1.86 bits per heavy atom. The lowest BCUT2D eigenvalue weighted by molar-refractivity contribution is -0.138. The summed E-state index contributed by atoms with van der Waals surface area (Å²) in [6, 6.07) is 17.4. The average Bonchev–Trinajstić information content (AvgIpc) is 2.88. The Kier molecular flexibility index (Phi) is 8.19. The SMILES string of the molecule is O=CC(CC(=O)O)NS(=O)(=O)c1ccc(N2CCOCC2)cc1OCCc1cccc2ccccc12. The molecule has 1 saturated heterocycles. The fraction of sp³-hybridized carbons (Fsp3) is 0.308. The van der Waals surface area contributed by atoms with Crippen LogP contribution in [0, 0.1) is 0 Å². The van der Waals surface area contributed by atoms with Crippen molar-refractivity contribution in [1.29, 1.82) is 0 Å². The molecule has 1 fully saturated rings. The molecule has 2 N–H and O–H groups in total. The average molecular weight is 513 g/mol. The molecule has 3 aromatic carbocycles. The van der Waals surface area contributed by atoms with E-state index >= 15 is 0 Å². The van der Waals surface area contributed by atoms with E-state index in [9.17, 15) is 18.0 Å². The maximum Gasteiger partial charge on any atom is 0.305 e. The van der Waals surface area contributed by atoms with Crippen molar-refractivity contribution in [1.82, 2.24) is 4.72 Å². The third-order valence-corrected chi connectivity index (χ3v) is 7.50. The Morgan fingerprint density at radius 3 is 2.61 bits per heavy atom. The van der Waals surface area contributed by atoms with Gasteiger partial charge in [0.1, 0.15) is 16.9 Å². The Balaban J connectivity index is 1.60. The molecular weight excluding hydrogens is 484 g/mol. The smallest absolute Gasteiger partial charge is 0.305 e. The zero-order valence-electron chi connectivity index (χ0n) is 19.6. The molecule has 190 valence electrons. The van der Waals surface area contributed by atoms with Crippen molar-refractivity contribution in [3.8, 4) is 5.75 Å². The quantitative estimate of drug-likeness (QED) is 0.376. The van der Waals surface area contributed by atoms with Crippen LogP contribution in [0.25, 0.3) is 10.8 Å². The van der Waals surface area contributed by atoms with E-state index in [-0.39, 0.29) is 23.5 Å². The predicted molar refractivity (Wildman–Crippen MR) is 135 cm³/mol. The van der Waals surface area contributed by atoms with Crippen LogP contribution in [0.5, 0.6) is 5.75 Å². The van der Waals surface area contributed by atoms with Gasteiger partial charge in [0.25, 0.3) is 0 Å². The van der Waals surface area contributed by atoms with Crippen LogP contribution >= 0.6 is 0 Å². The van der Waals surface area contributed by atoms with Crippen molar-refractivity contribution in [3.63, 3.8) is 0 Å². The highest BCUT2D eigenvalue weighted by Crippen LogP contribution is 2.30. The lowest BCUT2D eigenvalue weighted by Crippen LogP contribution is -2.38. The van der Waals surface area contributed by atoms with Crippen molar-refractivity contribution < 1.29 is 32.6 Å². The number of carbonyl (C=O) groups excluding carboxylic acids is 1. The molecule has 9 nitrogen and oxygen atoms in total. The number of fused-ring (bicyclic) bond motifs is 1. The number of aldehydes is 1. The van der Waals surface area contributed by atoms with Crippen molar-refractivity contribution in [2.45, 2.75) is 23.8 Å². The Hall–Kier alpha value is -3.47. The van der Waals surface area contributed by atoms with Crippen molar-refractivity contribution in [3.05, 3.63) is 66.2 Å². The van der Waals surface area contributed by atoms with Gasteiger partial charge in [0.15, 0.2) is 0 Å². The molecule has 0 bridgehead atoms. The summed E-state index contributed by atoms with van der Waals surface area (Å²) >= 11 is 0. The zero-order valence-corrected chi connectivity index (χ0v) is 20.4. The van der Waals surface area contributed by atoms with Crippen LogP contribution < -0.4 is 14.4 Å². The molecule has 1 heterocycles. The van der Waals surface area contributed by atoms with Crippen LogP contribution in [0.3, 0.4) is 0 Å². The van der Waals surface area contributed by atoms with E-state index in [1.165, 1.54) is 6.07 Å². The second-order valence-electron chi connectivity index (χ2n) is 8.43. The zero-order chi connectivity index (χ0) is 25.5. The number of carboxylic acid groups (broad SMARTS) is 1. The number of ether oxygens (including phenoxy) is 2. The summed E-state index contributed by atoms with van der Waals surface area (Å²) in [5, 5.41) is 11.2. The number of carbonyl (C=O) groups is 2. The number of rotatable bonds is 11. The summed E-state index contributed by atoms with van der Waals surface area (Å²) in [5.74, 6) is -1.16. The minimum atomic E-state index is -4.24. The molecule has 1 unspecified atom stereocenters. The number of morpholine rings is 1. The molecule has 0 saturated carbocycles. The second-order valence-corrected chi connectivity index (χ2v) is 10.1. The van der Waals surface area contributed by atoms with E-state index < -0.39 is 28.5 Å². The van der Waals surface area contributed by atoms with Gasteiger partial charge in [0.2, 0.25) is 10.0 Å². The lowest BCUT2D eigenvalue weighted by atomic mass is 10.0. The van der Waals surface area contributed by atoms with Gasteiger partial charge in [-0.15, -0.1) is 0 Å². The predicted octanol–water partition coefficient (Wildman–Crippen LogP) is 2.62. The third-order valence-electron chi connectivity index (χ3n) is 5.97. The van der Waals surface area contributed by atoms with E-state index in [1.807, 2.05) is 42.5 Å². The molecule has 1 atom stereocenters. The first-order valence-electron chi connectivity index (χ1n) is 11.6. The molecule has 0 aliphatic carbocycles. The third kappa shape index (κ3) is 6.20. The number of sulfonamides is 1. The molecule has 36 heavy (non-hydrogen) atoms. The molecule has 0 spiro atoms. The van der Waals surface area contributed by atoms with E-state index in [4.69, 9.17) is 14.6 Å². The Bertz CT molecular complexity index is 1330. The molecule has 0 radical (unpaired) electrons. The van der Waals surface area contributed by atoms with Gasteiger partial charge < -0.3 is 24.3 Å². The molecule has 1 aliphatic rings. The first-order valence-corrected chi connectivity index (χ1v) is 13.1. The van der Waals surface area contributed by atoms with Crippen molar-refractivity contribution in [2.24, 2.45) is 0 Å². The van der Waals surface area contributed by atoms with Gasteiger partial charge in [-0.05, 0) is 28.5 Å². The van der Waals surface area contributed by atoms with E-state index in [2.05, 4.69) is 9.62 Å². The summed E-state index contributed by atoms with van der Waals surface area (Å²) in [6.45, 7) is 2.66. The highest BCUT2D eigenvalue weighted by atomic mass is 32.2. The second kappa shape index (κ2) is 11.5. The largest absolute Gasteiger partial charge is 0.492 e. The summed E-state index contributed by atoms with van der Waals surface area (Å²) in [5.41, 5.74) is 1.86. The molecule has 10 heteroatoms. The number of hydrogen-bond acceptors (Lipinski definition) is 7. The summed E-state index contributed by atoms with van der Waals surface area (Å²) in [6.07, 6.45) is 0.159. The number of anilines is 1. The minimum absolute atomic E-state index is 0.131. The summed E-state index contributed by atoms with van der Waals surface area (Å²) in [7, 11) is -4.24. The molecule has 4 rings (SSSR count). The monoisotopic (exact) mass is 512 g/mol. The van der Waals surface area contributed by atoms with Crippen LogP contribution in [-0.2, 0) is 30.8 Å². The molecule has 3 aromatic rings. The van der Waals surface area contributed by atoms with Gasteiger partial charge >= 0.3 is 5.97 Å². The lowest BCUT2D eigenvalue weighted by Gasteiger charge is -2.29. The van der Waals surface area contributed by atoms with Gasteiger partial charge in [0, 0.05) is 31.3 Å². The molecule has 1 aliphatic heterocycles. The van der Waals surface area contributed by atoms with E-state index in [1.54, 1.807) is 12.1 Å². The van der Waals surface area contributed by atoms with Gasteiger partial charge in [-0.25, -0.2) is 13.1 Å². The van der Waals surface area contributed by atoms with Crippen LogP contribution in [0.4, 0.5) is 5.69 Å². The van der Waals surface area contributed by atoms with Crippen LogP contribution in [0.1, 0.15) is 12.0 Å². The summed E-state index contributed by atoms with van der Waals surface area (Å²) in [4.78, 5) is 24.2. The van der Waals surface area contributed by atoms with Crippen molar-refractivity contribution >= 4 is 38.7 Å². The fourth-order valence-electron chi connectivity index (χ4n) is 4.20.